The Morgan fingerprint density at radius 2 is 1.95 bits per heavy atom. The second kappa shape index (κ2) is 6.45. The first-order valence-electron chi connectivity index (χ1n) is 6.16. The number of sulfonamides is 1. The second-order valence-corrected chi connectivity index (χ2v) is 7.50. The van der Waals surface area contributed by atoms with E-state index in [4.69, 9.17) is 5.11 Å². The van der Waals surface area contributed by atoms with Crippen molar-refractivity contribution in [1.82, 2.24) is 9.29 Å². The number of hydrogen-bond acceptors (Lipinski definition) is 5. The molecule has 0 radical (unpaired) electrons. The zero-order valence-corrected chi connectivity index (χ0v) is 12.7. The summed E-state index contributed by atoms with van der Waals surface area (Å²) in [5.74, 6) is 0. The van der Waals surface area contributed by atoms with Crippen LogP contribution in [0.5, 0.6) is 0 Å². The number of aromatic nitrogens is 1. The maximum absolute atomic E-state index is 12.5. The lowest BCUT2D eigenvalue weighted by Gasteiger charge is -2.19. The van der Waals surface area contributed by atoms with E-state index in [0.29, 0.717) is 18.0 Å². The Kier molecular flexibility index (Phi) is 4.87. The van der Waals surface area contributed by atoms with Crippen LogP contribution in [0.2, 0.25) is 0 Å². The lowest BCUT2D eigenvalue weighted by molar-refractivity contribution is 0.285. The van der Waals surface area contributed by atoms with Crippen molar-refractivity contribution in [2.45, 2.75) is 24.3 Å². The van der Waals surface area contributed by atoms with Crippen LogP contribution in [0.4, 0.5) is 0 Å². The predicted molar refractivity (Wildman–Crippen MR) is 77.7 cm³/mol. The topological polar surface area (TPSA) is 70.5 Å². The van der Waals surface area contributed by atoms with Crippen LogP contribution < -0.4 is 0 Å². The summed E-state index contributed by atoms with van der Waals surface area (Å²) in [5.41, 5.74) is 0.893. The average Bonchev–Trinajstić information content (AvgIpc) is 2.95. The largest absolute Gasteiger partial charge is 0.391 e. The van der Waals surface area contributed by atoms with Gasteiger partial charge in [-0.25, -0.2) is 8.42 Å². The van der Waals surface area contributed by atoms with Crippen molar-refractivity contribution >= 4 is 21.4 Å². The van der Waals surface area contributed by atoms with Gasteiger partial charge >= 0.3 is 0 Å². The van der Waals surface area contributed by atoms with Crippen LogP contribution in [0, 0.1) is 0 Å². The summed E-state index contributed by atoms with van der Waals surface area (Å²) in [6, 6.07) is 6.77. The molecule has 2 heterocycles. The molecule has 0 aliphatic carbocycles. The smallest absolute Gasteiger partial charge is 0.252 e. The minimum absolute atomic E-state index is 0.142. The molecule has 0 aliphatic heterocycles. The summed E-state index contributed by atoms with van der Waals surface area (Å²) in [6.07, 6.45) is 3.29. The molecule has 0 saturated carbocycles. The molecule has 0 amide bonds. The van der Waals surface area contributed by atoms with Gasteiger partial charge in [-0.15, -0.1) is 11.3 Å². The molecule has 0 aromatic carbocycles. The minimum Gasteiger partial charge on any atom is -0.391 e. The SMILES string of the molecule is CCN(Cc1ccncc1)S(=O)(=O)c1ccc(CO)s1. The van der Waals surface area contributed by atoms with Gasteiger partial charge in [0.25, 0.3) is 10.0 Å². The number of aliphatic hydroxyl groups excluding tert-OH is 1. The van der Waals surface area contributed by atoms with Crippen LogP contribution in [-0.2, 0) is 23.2 Å². The summed E-state index contributed by atoms with van der Waals surface area (Å²) < 4.78 is 26.7. The molecule has 2 aromatic rings. The van der Waals surface area contributed by atoms with Crippen LogP contribution in [0.25, 0.3) is 0 Å². The standard InChI is InChI=1S/C13H16N2O3S2/c1-2-15(9-11-5-7-14-8-6-11)20(17,18)13-4-3-12(10-16)19-13/h3-8,16H,2,9-10H2,1H3. The normalized spacial score (nSPS) is 11.9. The Bertz CT molecular complexity index is 653. The fourth-order valence-electron chi connectivity index (χ4n) is 1.77. The number of hydrogen-bond donors (Lipinski definition) is 1. The first-order valence-corrected chi connectivity index (χ1v) is 8.42. The number of nitrogens with zero attached hydrogens (tertiary/aromatic N) is 2. The van der Waals surface area contributed by atoms with Crippen molar-refractivity contribution in [2.75, 3.05) is 6.54 Å². The van der Waals surface area contributed by atoms with Gasteiger partial charge in [-0.3, -0.25) is 4.98 Å². The maximum atomic E-state index is 12.5. The molecule has 0 saturated heterocycles. The van der Waals surface area contributed by atoms with Gasteiger partial charge in [0, 0.05) is 30.4 Å². The molecule has 0 atom stereocenters. The van der Waals surface area contributed by atoms with E-state index in [1.807, 2.05) is 0 Å². The highest BCUT2D eigenvalue weighted by Crippen LogP contribution is 2.25. The zero-order valence-electron chi connectivity index (χ0n) is 11.1. The summed E-state index contributed by atoms with van der Waals surface area (Å²) in [5, 5.41) is 9.04. The number of aliphatic hydroxyl groups is 1. The molecule has 0 unspecified atom stereocenters. The summed E-state index contributed by atoms with van der Waals surface area (Å²) in [6.45, 7) is 2.36. The van der Waals surface area contributed by atoms with E-state index >= 15 is 0 Å². The molecular weight excluding hydrogens is 296 g/mol. The number of pyridine rings is 1. The highest BCUT2D eigenvalue weighted by molar-refractivity contribution is 7.91. The minimum atomic E-state index is -3.52. The first kappa shape index (κ1) is 15.1. The Morgan fingerprint density at radius 3 is 2.50 bits per heavy atom. The van der Waals surface area contributed by atoms with E-state index < -0.39 is 10.0 Å². The van der Waals surface area contributed by atoms with Crippen LogP contribution in [0.3, 0.4) is 0 Å². The molecule has 2 aromatic heterocycles. The highest BCUT2D eigenvalue weighted by atomic mass is 32.2. The molecule has 0 aliphatic rings. The molecule has 0 bridgehead atoms. The van der Waals surface area contributed by atoms with Crippen LogP contribution in [0.15, 0.2) is 40.9 Å². The third-order valence-electron chi connectivity index (χ3n) is 2.85. The molecule has 2 rings (SSSR count). The van der Waals surface area contributed by atoms with E-state index in [0.717, 1.165) is 16.9 Å². The van der Waals surface area contributed by atoms with Gasteiger partial charge in [-0.1, -0.05) is 6.92 Å². The molecular formula is C13H16N2O3S2. The first-order chi connectivity index (χ1) is 9.57. The summed E-state index contributed by atoms with van der Waals surface area (Å²) >= 11 is 1.10. The van der Waals surface area contributed by atoms with Crippen molar-refractivity contribution in [1.29, 1.82) is 0 Å². The van der Waals surface area contributed by atoms with Gasteiger partial charge in [0.05, 0.1) is 6.61 Å². The van der Waals surface area contributed by atoms with Crippen LogP contribution in [0.1, 0.15) is 17.4 Å². The monoisotopic (exact) mass is 312 g/mol. The zero-order chi connectivity index (χ0) is 14.6. The van der Waals surface area contributed by atoms with Gasteiger partial charge < -0.3 is 5.11 Å². The molecule has 5 nitrogen and oxygen atoms in total. The lowest BCUT2D eigenvalue weighted by Crippen LogP contribution is -2.29. The third kappa shape index (κ3) is 3.24. The maximum Gasteiger partial charge on any atom is 0.252 e. The second-order valence-electron chi connectivity index (χ2n) is 4.17. The molecule has 7 heteroatoms. The number of rotatable bonds is 6. The van der Waals surface area contributed by atoms with E-state index in [-0.39, 0.29) is 10.8 Å². The van der Waals surface area contributed by atoms with Crippen molar-refractivity contribution < 1.29 is 13.5 Å². The van der Waals surface area contributed by atoms with Crippen molar-refractivity contribution in [3.63, 3.8) is 0 Å². The van der Waals surface area contributed by atoms with E-state index in [1.165, 1.54) is 4.31 Å². The Hall–Kier alpha value is -1.28. The van der Waals surface area contributed by atoms with E-state index in [9.17, 15) is 8.42 Å². The van der Waals surface area contributed by atoms with Crippen molar-refractivity contribution in [3.8, 4) is 0 Å². The van der Waals surface area contributed by atoms with Crippen LogP contribution >= 0.6 is 11.3 Å². The van der Waals surface area contributed by atoms with Gasteiger partial charge in [0.1, 0.15) is 4.21 Å². The molecule has 1 N–H and O–H groups in total. The van der Waals surface area contributed by atoms with Gasteiger partial charge in [-0.2, -0.15) is 4.31 Å². The van der Waals surface area contributed by atoms with Gasteiger partial charge in [-0.05, 0) is 29.8 Å². The van der Waals surface area contributed by atoms with Gasteiger partial charge in [0.2, 0.25) is 0 Å². The lowest BCUT2D eigenvalue weighted by atomic mass is 10.3. The quantitative estimate of drug-likeness (QED) is 0.883. The van der Waals surface area contributed by atoms with E-state index in [1.54, 1.807) is 43.6 Å². The summed E-state index contributed by atoms with van der Waals surface area (Å²) in [4.78, 5) is 4.56. The summed E-state index contributed by atoms with van der Waals surface area (Å²) in [7, 11) is -3.52. The molecule has 108 valence electrons. The molecule has 0 fully saturated rings. The van der Waals surface area contributed by atoms with Crippen LogP contribution in [-0.4, -0.2) is 29.4 Å². The fraction of sp³-hybridized carbons (Fsp3) is 0.308. The predicted octanol–water partition coefficient (Wildman–Crippen LogP) is 1.85. The Morgan fingerprint density at radius 1 is 1.25 bits per heavy atom. The Balaban J connectivity index is 2.25. The molecule has 20 heavy (non-hydrogen) atoms. The van der Waals surface area contributed by atoms with Crippen molar-refractivity contribution in [2.24, 2.45) is 0 Å². The van der Waals surface area contributed by atoms with Crippen molar-refractivity contribution in [3.05, 3.63) is 47.1 Å². The van der Waals surface area contributed by atoms with Gasteiger partial charge in [0.15, 0.2) is 0 Å². The molecule has 0 spiro atoms. The third-order valence-corrected chi connectivity index (χ3v) is 6.31. The number of thiophene rings is 1. The highest BCUT2D eigenvalue weighted by Gasteiger charge is 2.24. The van der Waals surface area contributed by atoms with E-state index in [2.05, 4.69) is 4.98 Å². The Labute approximate surface area is 122 Å². The fourth-order valence-corrected chi connectivity index (χ4v) is 4.57. The average molecular weight is 312 g/mol.